The highest BCUT2D eigenvalue weighted by atomic mass is 16.5. The minimum atomic E-state index is 0.123. The van der Waals surface area contributed by atoms with Crippen molar-refractivity contribution in [3.8, 4) is 6.07 Å². The number of rotatable bonds is 6. The summed E-state index contributed by atoms with van der Waals surface area (Å²) < 4.78 is 5.73. The van der Waals surface area contributed by atoms with Crippen molar-refractivity contribution in [2.75, 3.05) is 36.9 Å². The maximum Gasteiger partial charge on any atom is 0.158 e. The normalized spacial score (nSPS) is 16.9. The average Bonchev–Trinajstić information content (AvgIpc) is 2.68. The zero-order chi connectivity index (χ0) is 18.4. The van der Waals surface area contributed by atoms with Gasteiger partial charge in [-0.3, -0.25) is 0 Å². The lowest BCUT2D eigenvalue weighted by Crippen LogP contribution is -2.42. The molecule has 2 aromatic heterocycles. The zero-order valence-electron chi connectivity index (χ0n) is 14.9. The Bertz CT molecular complexity index is 765. The number of nitrogens with zero attached hydrogens (tertiary/aromatic N) is 5. The van der Waals surface area contributed by atoms with E-state index in [-0.39, 0.29) is 17.7 Å². The SMILES string of the molecule is CC(C)c1nnc(Nc2cnc(C#N)cn2)cc1NCC1CNCCO1. The van der Waals surface area contributed by atoms with E-state index in [1.165, 1.54) is 12.4 Å². The summed E-state index contributed by atoms with van der Waals surface area (Å²) in [6, 6.07) is 3.84. The van der Waals surface area contributed by atoms with Crippen LogP contribution in [0.5, 0.6) is 0 Å². The molecule has 9 heteroatoms. The Hall–Kier alpha value is -2.83. The second-order valence-electron chi connectivity index (χ2n) is 6.28. The lowest BCUT2D eigenvalue weighted by atomic mass is 10.1. The monoisotopic (exact) mass is 354 g/mol. The third-order valence-electron chi connectivity index (χ3n) is 3.92. The molecule has 0 aliphatic carbocycles. The zero-order valence-corrected chi connectivity index (χ0v) is 14.9. The minimum Gasteiger partial charge on any atom is -0.381 e. The minimum absolute atomic E-state index is 0.123. The van der Waals surface area contributed by atoms with Crippen molar-refractivity contribution in [2.45, 2.75) is 25.9 Å². The summed E-state index contributed by atoms with van der Waals surface area (Å²) >= 11 is 0. The largest absolute Gasteiger partial charge is 0.381 e. The Balaban J connectivity index is 1.73. The van der Waals surface area contributed by atoms with Gasteiger partial charge in [0, 0.05) is 25.7 Å². The van der Waals surface area contributed by atoms with Crippen LogP contribution in [0.25, 0.3) is 0 Å². The molecular weight excluding hydrogens is 332 g/mol. The topological polar surface area (TPSA) is 121 Å². The lowest BCUT2D eigenvalue weighted by Gasteiger charge is -2.25. The summed E-state index contributed by atoms with van der Waals surface area (Å²) in [5, 5.41) is 27.1. The Morgan fingerprint density at radius 3 is 2.85 bits per heavy atom. The summed E-state index contributed by atoms with van der Waals surface area (Å²) in [7, 11) is 0. The molecule has 0 bridgehead atoms. The van der Waals surface area contributed by atoms with Crippen LogP contribution >= 0.6 is 0 Å². The number of hydrogen-bond donors (Lipinski definition) is 3. The van der Waals surface area contributed by atoms with Crippen LogP contribution in [0.4, 0.5) is 17.3 Å². The summed E-state index contributed by atoms with van der Waals surface area (Å²) in [6.45, 7) is 7.29. The van der Waals surface area contributed by atoms with Gasteiger partial charge in [0.2, 0.25) is 0 Å². The molecule has 9 nitrogen and oxygen atoms in total. The third-order valence-corrected chi connectivity index (χ3v) is 3.92. The van der Waals surface area contributed by atoms with Gasteiger partial charge in [-0.25, -0.2) is 9.97 Å². The second kappa shape index (κ2) is 8.51. The summed E-state index contributed by atoms with van der Waals surface area (Å²) in [5.41, 5.74) is 2.07. The first kappa shape index (κ1) is 18.0. The van der Waals surface area contributed by atoms with Crippen molar-refractivity contribution in [1.82, 2.24) is 25.5 Å². The number of morpholine rings is 1. The van der Waals surface area contributed by atoms with Gasteiger partial charge in [-0.15, -0.1) is 5.10 Å². The van der Waals surface area contributed by atoms with E-state index in [4.69, 9.17) is 10.00 Å². The van der Waals surface area contributed by atoms with Crippen LogP contribution in [0, 0.1) is 11.3 Å². The molecule has 1 atom stereocenters. The number of nitriles is 1. The molecule has 1 saturated heterocycles. The van der Waals surface area contributed by atoms with Gasteiger partial charge in [0.15, 0.2) is 11.5 Å². The number of nitrogens with one attached hydrogen (secondary N) is 3. The van der Waals surface area contributed by atoms with Crippen molar-refractivity contribution >= 4 is 17.3 Å². The Morgan fingerprint density at radius 2 is 2.19 bits per heavy atom. The first-order chi connectivity index (χ1) is 12.7. The van der Waals surface area contributed by atoms with Gasteiger partial charge in [0.05, 0.1) is 36.5 Å². The van der Waals surface area contributed by atoms with Gasteiger partial charge in [0.25, 0.3) is 0 Å². The van der Waals surface area contributed by atoms with Crippen LogP contribution in [0.2, 0.25) is 0 Å². The predicted molar refractivity (Wildman–Crippen MR) is 97.3 cm³/mol. The molecule has 0 aromatic carbocycles. The van der Waals surface area contributed by atoms with Gasteiger partial charge < -0.3 is 20.7 Å². The van der Waals surface area contributed by atoms with Gasteiger partial charge >= 0.3 is 0 Å². The van der Waals surface area contributed by atoms with E-state index in [1.54, 1.807) is 0 Å². The quantitative estimate of drug-likeness (QED) is 0.707. The van der Waals surface area contributed by atoms with Crippen LogP contribution in [0.15, 0.2) is 18.5 Å². The predicted octanol–water partition coefficient (Wildman–Crippen LogP) is 1.41. The van der Waals surface area contributed by atoms with Gasteiger partial charge in [-0.1, -0.05) is 13.8 Å². The maximum atomic E-state index is 8.79. The van der Waals surface area contributed by atoms with E-state index in [2.05, 4.69) is 50.0 Å². The van der Waals surface area contributed by atoms with E-state index >= 15 is 0 Å². The van der Waals surface area contributed by atoms with Crippen molar-refractivity contribution in [2.24, 2.45) is 0 Å². The number of anilines is 3. The van der Waals surface area contributed by atoms with Crippen LogP contribution in [0.1, 0.15) is 31.2 Å². The molecule has 136 valence electrons. The van der Waals surface area contributed by atoms with Crippen LogP contribution < -0.4 is 16.0 Å². The van der Waals surface area contributed by atoms with Crippen molar-refractivity contribution < 1.29 is 4.74 Å². The van der Waals surface area contributed by atoms with E-state index in [9.17, 15) is 0 Å². The molecular formula is C17H22N8O. The van der Waals surface area contributed by atoms with Crippen molar-refractivity contribution in [3.63, 3.8) is 0 Å². The average molecular weight is 354 g/mol. The van der Waals surface area contributed by atoms with Crippen molar-refractivity contribution in [3.05, 3.63) is 29.8 Å². The lowest BCUT2D eigenvalue weighted by molar-refractivity contribution is 0.0372. The fourth-order valence-electron chi connectivity index (χ4n) is 2.59. The van der Waals surface area contributed by atoms with E-state index in [0.717, 1.165) is 31.1 Å². The second-order valence-corrected chi connectivity index (χ2v) is 6.28. The van der Waals surface area contributed by atoms with Gasteiger partial charge in [-0.05, 0) is 5.92 Å². The molecule has 1 fully saturated rings. The first-order valence-corrected chi connectivity index (χ1v) is 8.58. The smallest absolute Gasteiger partial charge is 0.158 e. The van der Waals surface area contributed by atoms with E-state index < -0.39 is 0 Å². The van der Waals surface area contributed by atoms with Crippen LogP contribution in [-0.2, 0) is 4.74 Å². The molecule has 0 radical (unpaired) electrons. The summed E-state index contributed by atoms with van der Waals surface area (Å²) in [5.74, 6) is 1.29. The number of ether oxygens (including phenoxy) is 1. The fourth-order valence-corrected chi connectivity index (χ4v) is 2.59. The van der Waals surface area contributed by atoms with E-state index in [1.807, 2.05) is 12.1 Å². The Morgan fingerprint density at radius 1 is 1.31 bits per heavy atom. The molecule has 1 aliphatic heterocycles. The van der Waals surface area contributed by atoms with Crippen LogP contribution in [0.3, 0.4) is 0 Å². The highest BCUT2D eigenvalue weighted by Gasteiger charge is 2.16. The summed E-state index contributed by atoms with van der Waals surface area (Å²) in [6.07, 6.45) is 3.02. The molecule has 0 spiro atoms. The third kappa shape index (κ3) is 4.62. The Kier molecular flexibility index (Phi) is 5.88. The summed E-state index contributed by atoms with van der Waals surface area (Å²) in [4.78, 5) is 8.12. The molecule has 3 rings (SSSR count). The van der Waals surface area contributed by atoms with Gasteiger partial charge in [0.1, 0.15) is 11.9 Å². The first-order valence-electron chi connectivity index (χ1n) is 8.58. The molecule has 26 heavy (non-hydrogen) atoms. The molecule has 0 amide bonds. The fraction of sp³-hybridized carbons (Fsp3) is 0.471. The molecule has 0 saturated carbocycles. The number of hydrogen-bond acceptors (Lipinski definition) is 9. The highest BCUT2D eigenvalue weighted by Crippen LogP contribution is 2.24. The van der Waals surface area contributed by atoms with Gasteiger partial charge in [-0.2, -0.15) is 10.4 Å². The maximum absolute atomic E-state index is 8.79. The standard InChI is InChI=1S/C17H22N8O/c1-11(2)17-14(21-9-13-8-19-3-4-26-13)5-15(24-25-17)23-16-10-20-12(6-18)7-22-16/h5,7,10-11,13,19H,3-4,8-9H2,1-2H3,(H2,21,22,23,24). The van der Waals surface area contributed by atoms with Crippen LogP contribution in [-0.4, -0.2) is 52.5 Å². The molecule has 3 heterocycles. The van der Waals surface area contributed by atoms with E-state index in [0.29, 0.717) is 18.2 Å². The number of aromatic nitrogens is 4. The molecule has 2 aromatic rings. The molecule has 1 aliphatic rings. The Labute approximate surface area is 152 Å². The molecule has 1 unspecified atom stereocenters. The highest BCUT2D eigenvalue weighted by molar-refractivity contribution is 5.60. The molecule has 3 N–H and O–H groups in total. The van der Waals surface area contributed by atoms with Crippen molar-refractivity contribution in [1.29, 1.82) is 5.26 Å².